The van der Waals surface area contributed by atoms with Crippen molar-refractivity contribution in [1.29, 1.82) is 5.26 Å². The number of benzene rings is 1. The van der Waals surface area contributed by atoms with Gasteiger partial charge in [0.2, 0.25) is 0 Å². The van der Waals surface area contributed by atoms with Gasteiger partial charge in [-0.1, -0.05) is 0 Å². The maximum absolute atomic E-state index is 12.6. The van der Waals surface area contributed by atoms with Gasteiger partial charge in [0.15, 0.2) is 18.1 Å². The largest absolute Gasteiger partial charge is 0.490 e. The molecule has 0 unspecified atom stereocenters. The monoisotopic (exact) mass is 432 g/mol. The highest BCUT2D eigenvalue weighted by Gasteiger charge is 2.48. The molecule has 4 bridgehead atoms. The number of carbonyl (C=O) groups excluding carboxylic acids is 1. The van der Waals surface area contributed by atoms with E-state index in [1.54, 1.807) is 12.1 Å². The Kier molecular flexibility index (Phi) is 5.32. The fraction of sp³-hybridized carbons (Fsp3) is 0.619. The average molecular weight is 433 g/mol. The first-order valence-electron chi connectivity index (χ1n) is 9.86. The third-order valence-electron chi connectivity index (χ3n) is 6.34. The standard InChI is InChI=1S/C21H25BrN2O3/c1-2-26-18-9-14(10-23)8-17(22)21(18)27-11-19(25)24-20-15-4-12-3-13(6-15)7-16(20)5-12/h8-9,12-13,15-16,20H,2-7,11H2,1H3,(H,24,25). The Hall–Kier alpha value is -1.74. The molecule has 1 N–H and O–H groups in total. The first-order valence-corrected chi connectivity index (χ1v) is 10.6. The fourth-order valence-electron chi connectivity index (χ4n) is 5.56. The summed E-state index contributed by atoms with van der Waals surface area (Å²) < 4.78 is 12.0. The Morgan fingerprint density at radius 3 is 2.44 bits per heavy atom. The Labute approximate surface area is 168 Å². The minimum atomic E-state index is -0.0776. The molecule has 27 heavy (non-hydrogen) atoms. The summed E-state index contributed by atoms with van der Waals surface area (Å²) in [7, 11) is 0. The van der Waals surface area contributed by atoms with Crippen molar-refractivity contribution in [2.45, 2.75) is 45.1 Å². The van der Waals surface area contributed by atoms with Gasteiger partial charge < -0.3 is 14.8 Å². The highest BCUT2D eigenvalue weighted by molar-refractivity contribution is 9.10. The van der Waals surface area contributed by atoms with E-state index < -0.39 is 0 Å². The van der Waals surface area contributed by atoms with Crippen molar-refractivity contribution in [2.24, 2.45) is 23.7 Å². The van der Waals surface area contributed by atoms with Gasteiger partial charge in [0.25, 0.3) is 5.91 Å². The molecule has 0 saturated heterocycles. The minimum Gasteiger partial charge on any atom is -0.490 e. The number of carbonyl (C=O) groups is 1. The lowest BCUT2D eigenvalue weighted by Gasteiger charge is -2.54. The summed E-state index contributed by atoms with van der Waals surface area (Å²) in [5, 5.41) is 12.4. The van der Waals surface area contributed by atoms with Gasteiger partial charge in [-0.15, -0.1) is 0 Å². The number of amides is 1. The summed E-state index contributed by atoms with van der Waals surface area (Å²) in [4.78, 5) is 12.6. The van der Waals surface area contributed by atoms with Gasteiger partial charge >= 0.3 is 0 Å². The molecule has 5 nitrogen and oxygen atoms in total. The van der Waals surface area contributed by atoms with E-state index in [0.717, 1.165) is 11.8 Å². The molecule has 4 saturated carbocycles. The highest BCUT2D eigenvalue weighted by Crippen LogP contribution is 2.53. The zero-order valence-corrected chi connectivity index (χ0v) is 17.1. The molecule has 0 aromatic heterocycles. The lowest BCUT2D eigenvalue weighted by Crippen LogP contribution is -2.56. The van der Waals surface area contributed by atoms with Crippen molar-refractivity contribution in [3.05, 3.63) is 22.2 Å². The summed E-state index contributed by atoms with van der Waals surface area (Å²) in [5.74, 6) is 3.94. The van der Waals surface area contributed by atoms with Crippen molar-refractivity contribution < 1.29 is 14.3 Å². The molecule has 5 rings (SSSR count). The Morgan fingerprint density at radius 1 is 1.19 bits per heavy atom. The van der Waals surface area contributed by atoms with E-state index in [-0.39, 0.29) is 12.5 Å². The van der Waals surface area contributed by atoms with Crippen LogP contribution in [0.15, 0.2) is 16.6 Å². The molecule has 144 valence electrons. The van der Waals surface area contributed by atoms with Crippen LogP contribution < -0.4 is 14.8 Å². The van der Waals surface area contributed by atoms with Gasteiger partial charge in [-0.25, -0.2) is 0 Å². The highest BCUT2D eigenvalue weighted by atomic mass is 79.9. The lowest BCUT2D eigenvalue weighted by molar-refractivity contribution is -0.127. The molecule has 6 heteroatoms. The summed E-state index contributed by atoms with van der Waals surface area (Å²) in [6.45, 7) is 2.28. The van der Waals surface area contributed by atoms with E-state index in [1.807, 2.05) is 6.92 Å². The summed E-state index contributed by atoms with van der Waals surface area (Å²) in [6.07, 6.45) is 6.50. The number of nitrogens with zero attached hydrogens (tertiary/aromatic N) is 1. The first kappa shape index (κ1) is 18.6. The molecule has 4 aliphatic rings. The molecule has 4 fully saturated rings. The normalized spacial score (nSPS) is 30.6. The Balaban J connectivity index is 1.39. The molecular weight excluding hydrogens is 408 g/mol. The fourth-order valence-corrected chi connectivity index (χ4v) is 6.12. The third-order valence-corrected chi connectivity index (χ3v) is 6.93. The molecule has 1 amide bonds. The Morgan fingerprint density at radius 2 is 1.85 bits per heavy atom. The van der Waals surface area contributed by atoms with Gasteiger partial charge in [0.1, 0.15) is 0 Å². The van der Waals surface area contributed by atoms with Crippen LogP contribution in [0.5, 0.6) is 11.5 Å². The number of hydrogen-bond acceptors (Lipinski definition) is 4. The second-order valence-corrected chi connectivity index (χ2v) is 9.00. The quantitative estimate of drug-likeness (QED) is 0.735. The molecule has 1 aromatic carbocycles. The molecular formula is C21H25BrN2O3. The van der Waals surface area contributed by atoms with Gasteiger partial charge in [-0.3, -0.25) is 4.79 Å². The zero-order valence-electron chi connectivity index (χ0n) is 15.5. The lowest BCUT2D eigenvalue weighted by atomic mass is 9.54. The second kappa shape index (κ2) is 7.71. The number of nitrogens with one attached hydrogen (secondary N) is 1. The van der Waals surface area contributed by atoms with Crippen LogP contribution in [0, 0.1) is 35.0 Å². The predicted octanol–water partition coefficient (Wildman–Crippen LogP) is 4.04. The number of halogens is 1. The van der Waals surface area contributed by atoms with Crippen molar-refractivity contribution >= 4 is 21.8 Å². The number of nitriles is 1. The Bertz CT molecular complexity index is 745. The average Bonchev–Trinajstić information content (AvgIpc) is 2.63. The van der Waals surface area contributed by atoms with Gasteiger partial charge in [-0.2, -0.15) is 5.26 Å². The topological polar surface area (TPSA) is 71.3 Å². The first-order chi connectivity index (χ1) is 13.1. The van der Waals surface area contributed by atoms with Crippen LogP contribution in [0.25, 0.3) is 0 Å². The smallest absolute Gasteiger partial charge is 0.258 e. The number of rotatable bonds is 6. The summed E-state index contributed by atoms with van der Waals surface area (Å²) >= 11 is 3.42. The van der Waals surface area contributed by atoms with Crippen LogP contribution in [0.1, 0.15) is 44.6 Å². The summed E-state index contributed by atoms with van der Waals surface area (Å²) in [6, 6.07) is 5.72. The molecule has 0 atom stereocenters. The van der Waals surface area contributed by atoms with Crippen molar-refractivity contribution in [3.8, 4) is 17.6 Å². The van der Waals surface area contributed by atoms with Crippen LogP contribution in [0.4, 0.5) is 0 Å². The van der Waals surface area contributed by atoms with Crippen molar-refractivity contribution in [3.63, 3.8) is 0 Å². The summed E-state index contributed by atoms with van der Waals surface area (Å²) in [5.41, 5.74) is 0.482. The maximum atomic E-state index is 12.6. The molecule has 0 radical (unpaired) electrons. The SMILES string of the molecule is CCOc1cc(C#N)cc(Br)c1OCC(=O)NC1C2CC3CC(C2)CC1C3. The molecule has 0 spiro atoms. The maximum Gasteiger partial charge on any atom is 0.258 e. The van der Waals surface area contributed by atoms with Crippen LogP contribution >= 0.6 is 15.9 Å². The van der Waals surface area contributed by atoms with Crippen molar-refractivity contribution in [2.75, 3.05) is 13.2 Å². The van der Waals surface area contributed by atoms with E-state index in [0.29, 0.717) is 46.0 Å². The molecule has 0 heterocycles. The number of hydrogen-bond donors (Lipinski definition) is 1. The molecule has 4 aliphatic carbocycles. The van der Waals surface area contributed by atoms with Crippen LogP contribution in [0.2, 0.25) is 0 Å². The van der Waals surface area contributed by atoms with Crippen molar-refractivity contribution in [1.82, 2.24) is 5.32 Å². The van der Waals surface area contributed by atoms with E-state index in [2.05, 4.69) is 27.3 Å². The van der Waals surface area contributed by atoms with E-state index in [4.69, 9.17) is 14.7 Å². The van der Waals surface area contributed by atoms with Crippen LogP contribution in [-0.2, 0) is 4.79 Å². The second-order valence-electron chi connectivity index (χ2n) is 8.14. The third kappa shape index (κ3) is 3.80. The van der Waals surface area contributed by atoms with E-state index in [1.165, 1.54) is 32.1 Å². The van der Waals surface area contributed by atoms with E-state index in [9.17, 15) is 4.79 Å². The van der Waals surface area contributed by atoms with Gasteiger partial charge in [0.05, 0.1) is 22.7 Å². The zero-order chi connectivity index (χ0) is 19.0. The molecule has 0 aliphatic heterocycles. The van der Waals surface area contributed by atoms with Crippen LogP contribution in [0.3, 0.4) is 0 Å². The van der Waals surface area contributed by atoms with Gasteiger partial charge in [0, 0.05) is 12.1 Å². The van der Waals surface area contributed by atoms with Crippen LogP contribution in [-0.4, -0.2) is 25.2 Å². The minimum absolute atomic E-state index is 0.0482. The predicted molar refractivity (Wildman–Crippen MR) is 104 cm³/mol. The van der Waals surface area contributed by atoms with Gasteiger partial charge in [-0.05, 0) is 84.7 Å². The van der Waals surface area contributed by atoms with E-state index >= 15 is 0 Å². The number of ether oxygens (including phenoxy) is 2. The molecule has 1 aromatic rings.